The molecule has 0 aliphatic carbocycles. The van der Waals surface area contributed by atoms with Crippen LogP contribution in [0, 0.1) is 5.82 Å². The first-order chi connectivity index (χ1) is 15.3. The third-order valence-corrected chi connectivity index (χ3v) is 5.07. The van der Waals surface area contributed by atoms with Crippen LogP contribution >= 0.6 is 11.6 Å². The van der Waals surface area contributed by atoms with E-state index in [1.807, 2.05) is 13.8 Å². The molecule has 1 aromatic heterocycles. The van der Waals surface area contributed by atoms with Gasteiger partial charge in [0.25, 0.3) is 0 Å². The number of nitrogens with one attached hydrogen (secondary N) is 1. The average molecular weight is 458 g/mol. The number of amides is 3. The van der Waals surface area contributed by atoms with E-state index in [1.54, 1.807) is 53.4 Å². The Bertz CT molecular complexity index is 1040. The van der Waals surface area contributed by atoms with Crippen molar-refractivity contribution >= 4 is 29.2 Å². The lowest BCUT2D eigenvalue weighted by molar-refractivity contribution is -0.133. The van der Waals surface area contributed by atoms with E-state index in [1.165, 1.54) is 23.3 Å². The molecule has 6 nitrogen and oxygen atoms in total. The number of halogens is 2. The van der Waals surface area contributed by atoms with Gasteiger partial charge in [-0.3, -0.25) is 4.79 Å². The van der Waals surface area contributed by atoms with Crippen LogP contribution in [0.25, 0.3) is 0 Å². The number of rotatable bonds is 8. The van der Waals surface area contributed by atoms with Crippen molar-refractivity contribution < 1.29 is 18.4 Å². The standard InChI is InChI=1S/C24H25ClFN3O3/c1-17(2)29(24(31)27-21-6-3-5-19(25)13-21)16-23(30)28(15-22-7-4-12-32-22)14-18-8-10-20(26)11-9-18/h3-13,17H,14-16H2,1-2H3,(H,27,31). The van der Waals surface area contributed by atoms with Crippen molar-refractivity contribution in [1.82, 2.24) is 9.80 Å². The normalized spacial score (nSPS) is 10.8. The maximum absolute atomic E-state index is 13.3. The van der Waals surface area contributed by atoms with Gasteiger partial charge in [0.2, 0.25) is 5.91 Å². The summed E-state index contributed by atoms with van der Waals surface area (Å²) in [6, 6.07) is 15.6. The van der Waals surface area contributed by atoms with Crippen molar-refractivity contribution in [2.45, 2.75) is 33.0 Å². The molecule has 0 unspecified atom stereocenters. The van der Waals surface area contributed by atoms with Gasteiger partial charge in [0.15, 0.2) is 0 Å². The SMILES string of the molecule is CC(C)N(CC(=O)N(Cc1ccc(F)cc1)Cc1ccco1)C(=O)Nc1cccc(Cl)c1. The molecule has 0 aliphatic heterocycles. The maximum atomic E-state index is 13.3. The van der Waals surface area contributed by atoms with E-state index in [2.05, 4.69) is 5.32 Å². The Morgan fingerprint density at radius 1 is 1.06 bits per heavy atom. The molecule has 3 aromatic rings. The fourth-order valence-electron chi connectivity index (χ4n) is 3.13. The summed E-state index contributed by atoms with van der Waals surface area (Å²) in [5, 5.41) is 3.28. The lowest BCUT2D eigenvalue weighted by Crippen LogP contribution is -2.47. The fraction of sp³-hybridized carbons (Fsp3) is 0.250. The molecular weight excluding hydrogens is 433 g/mol. The predicted octanol–water partition coefficient (Wildman–Crippen LogP) is 5.54. The molecule has 1 N–H and O–H groups in total. The molecule has 0 saturated heterocycles. The molecule has 0 atom stereocenters. The number of nitrogens with zero attached hydrogens (tertiary/aromatic N) is 2. The Balaban J connectivity index is 1.74. The Hall–Kier alpha value is -3.32. The van der Waals surface area contributed by atoms with Gasteiger partial charge in [-0.2, -0.15) is 0 Å². The molecule has 3 amide bonds. The first-order valence-corrected chi connectivity index (χ1v) is 10.6. The maximum Gasteiger partial charge on any atom is 0.322 e. The topological polar surface area (TPSA) is 65.8 Å². The zero-order valence-electron chi connectivity index (χ0n) is 17.9. The van der Waals surface area contributed by atoms with Gasteiger partial charge in [0.1, 0.15) is 18.1 Å². The molecule has 8 heteroatoms. The average Bonchev–Trinajstić information content (AvgIpc) is 3.26. The first kappa shape index (κ1) is 23.3. The molecule has 32 heavy (non-hydrogen) atoms. The second kappa shape index (κ2) is 10.8. The van der Waals surface area contributed by atoms with Gasteiger partial charge in [-0.1, -0.05) is 29.8 Å². The molecule has 0 spiro atoms. The van der Waals surface area contributed by atoms with Crippen LogP contribution in [0.3, 0.4) is 0 Å². The van der Waals surface area contributed by atoms with Crippen molar-refractivity contribution in [3.05, 3.63) is 89.1 Å². The van der Waals surface area contributed by atoms with Crippen LogP contribution in [-0.4, -0.2) is 34.3 Å². The summed E-state index contributed by atoms with van der Waals surface area (Å²) in [4.78, 5) is 29.1. The van der Waals surface area contributed by atoms with E-state index in [4.69, 9.17) is 16.0 Å². The number of hydrogen-bond donors (Lipinski definition) is 1. The van der Waals surface area contributed by atoms with E-state index in [9.17, 15) is 14.0 Å². The van der Waals surface area contributed by atoms with Crippen LogP contribution in [0.2, 0.25) is 5.02 Å². The molecule has 0 radical (unpaired) electrons. The smallest absolute Gasteiger partial charge is 0.322 e. The van der Waals surface area contributed by atoms with Crippen LogP contribution < -0.4 is 5.32 Å². The van der Waals surface area contributed by atoms with Crippen LogP contribution in [0.4, 0.5) is 14.9 Å². The monoisotopic (exact) mass is 457 g/mol. The molecule has 168 valence electrons. The number of hydrogen-bond acceptors (Lipinski definition) is 3. The Kier molecular flexibility index (Phi) is 7.89. The third kappa shape index (κ3) is 6.59. The number of carbonyl (C=O) groups is 2. The van der Waals surface area contributed by atoms with E-state index in [-0.39, 0.29) is 37.4 Å². The van der Waals surface area contributed by atoms with Crippen molar-refractivity contribution in [2.24, 2.45) is 0 Å². The van der Waals surface area contributed by atoms with Gasteiger partial charge >= 0.3 is 6.03 Å². The highest BCUT2D eigenvalue weighted by Gasteiger charge is 2.24. The molecule has 2 aromatic carbocycles. The number of furan rings is 1. The minimum absolute atomic E-state index is 0.133. The molecule has 0 fully saturated rings. The summed E-state index contributed by atoms with van der Waals surface area (Å²) in [5.74, 6) is 0.00179. The van der Waals surface area contributed by atoms with Gasteiger partial charge in [0.05, 0.1) is 12.8 Å². The summed E-state index contributed by atoms with van der Waals surface area (Å²) in [6.07, 6.45) is 1.54. The van der Waals surface area contributed by atoms with Gasteiger partial charge in [0, 0.05) is 23.3 Å². The summed E-state index contributed by atoms with van der Waals surface area (Å²) in [7, 11) is 0. The van der Waals surface area contributed by atoms with Crippen LogP contribution in [0.5, 0.6) is 0 Å². The fourth-order valence-corrected chi connectivity index (χ4v) is 3.32. The third-order valence-electron chi connectivity index (χ3n) is 4.83. The molecule has 3 rings (SSSR count). The number of urea groups is 1. The second-order valence-electron chi connectivity index (χ2n) is 7.62. The van der Waals surface area contributed by atoms with Gasteiger partial charge < -0.3 is 19.5 Å². The van der Waals surface area contributed by atoms with Crippen molar-refractivity contribution in [3.63, 3.8) is 0 Å². The van der Waals surface area contributed by atoms with Gasteiger partial charge in [-0.05, 0) is 61.9 Å². The molecular formula is C24H25ClFN3O3. The Morgan fingerprint density at radius 3 is 2.44 bits per heavy atom. The van der Waals surface area contributed by atoms with Gasteiger partial charge in [-0.25, -0.2) is 9.18 Å². The highest BCUT2D eigenvalue weighted by Crippen LogP contribution is 2.17. The van der Waals surface area contributed by atoms with E-state index >= 15 is 0 Å². The lowest BCUT2D eigenvalue weighted by Gasteiger charge is -2.30. The number of carbonyl (C=O) groups excluding carboxylic acids is 2. The molecule has 0 bridgehead atoms. The summed E-state index contributed by atoms with van der Waals surface area (Å²) >= 11 is 5.99. The number of anilines is 1. The summed E-state index contributed by atoms with van der Waals surface area (Å²) < 4.78 is 18.7. The Morgan fingerprint density at radius 2 is 1.81 bits per heavy atom. The highest BCUT2D eigenvalue weighted by molar-refractivity contribution is 6.30. The molecule has 0 aliphatic rings. The predicted molar refractivity (Wildman–Crippen MR) is 122 cm³/mol. The largest absolute Gasteiger partial charge is 0.467 e. The molecule has 0 saturated carbocycles. The van der Waals surface area contributed by atoms with Crippen molar-refractivity contribution in [1.29, 1.82) is 0 Å². The molecule has 1 heterocycles. The van der Waals surface area contributed by atoms with Crippen molar-refractivity contribution in [2.75, 3.05) is 11.9 Å². The zero-order chi connectivity index (χ0) is 23.1. The minimum atomic E-state index is -0.407. The zero-order valence-corrected chi connectivity index (χ0v) is 18.7. The summed E-state index contributed by atoms with van der Waals surface area (Å²) in [6.45, 7) is 4.02. The van der Waals surface area contributed by atoms with E-state index in [0.29, 0.717) is 16.5 Å². The highest BCUT2D eigenvalue weighted by atomic mass is 35.5. The van der Waals surface area contributed by atoms with Crippen LogP contribution in [0.1, 0.15) is 25.2 Å². The van der Waals surface area contributed by atoms with Gasteiger partial charge in [-0.15, -0.1) is 0 Å². The lowest BCUT2D eigenvalue weighted by atomic mass is 10.2. The number of benzene rings is 2. The van der Waals surface area contributed by atoms with Crippen LogP contribution in [0.15, 0.2) is 71.3 Å². The minimum Gasteiger partial charge on any atom is -0.467 e. The van der Waals surface area contributed by atoms with Crippen LogP contribution in [-0.2, 0) is 17.9 Å². The summed E-state index contributed by atoms with van der Waals surface area (Å²) in [5.41, 5.74) is 1.31. The Labute approximate surface area is 191 Å². The quantitative estimate of drug-likeness (QED) is 0.482. The van der Waals surface area contributed by atoms with E-state index < -0.39 is 6.03 Å². The van der Waals surface area contributed by atoms with E-state index in [0.717, 1.165) is 5.56 Å². The van der Waals surface area contributed by atoms with Crippen molar-refractivity contribution in [3.8, 4) is 0 Å². The first-order valence-electron chi connectivity index (χ1n) is 10.2. The second-order valence-corrected chi connectivity index (χ2v) is 8.05.